The van der Waals surface area contributed by atoms with Crippen LogP contribution in [-0.4, -0.2) is 37.4 Å². The van der Waals surface area contributed by atoms with Crippen LogP contribution in [0, 0.1) is 5.92 Å². The molecule has 1 aromatic carbocycles. The highest BCUT2D eigenvalue weighted by molar-refractivity contribution is 5.97. The summed E-state index contributed by atoms with van der Waals surface area (Å²) in [5.41, 5.74) is 0.747. The maximum Gasteiger partial charge on any atom is 0.176 e. The molecule has 3 heteroatoms. The lowest BCUT2D eigenvalue weighted by molar-refractivity contribution is 0.0932. The number of methoxy groups -OCH3 is 1. The molecular weight excluding hydrogens is 238 g/mol. The number of likely N-dealkylation sites (tertiary alicyclic amines) is 1. The van der Waals surface area contributed by atoms with Gasteiger partial charge in [-0.05, 0) is 50.4 Å². The number of nitrogens with zero attached hydrogens (tertiary/aromatic N) is 1. The van der Waals surface area contributed by atoms with E-state index in [1.54, 1.807) is 7.11 Å². The van der Waals surface area contributed by atoms with Gasteiger partial charge in [0, 0.05) is 5.56 Å². The molecule has 0 spiro atoms. The summed E-state index contributed by atoms with van der Waals surface area (Å²) in [6.07, 6.45) is 3.68. The van der Waals surface area contributed by atoms with Crippen LogP contribution in [-0.2, 0) is 0 Å². The molecule has 0 N–H and O–H groups in total. The first kappa shape index (κ1) is 14.1. The third-order valence-electron chi connectivity index (χ3n) is 3.87. The Balaban J connectivity index is 1.96. The third-order valence-corrected chi connectivity index (χ3v) is 3.87. The molecule has 1 heterocycles. The second kappa shape index (κ2) is 6.71. The molecule has 2 rings (SSSR count). The monoisotopic (exact) mass is 261 g/mol. The second-order valence-corrected chi connectivity index (χ2v) is 5.47. The van der Waals surface area contributed by atoms with E-state index in [1.807, 2.05) is 24.3 Å². The van der Waals surface area contributed by atoms with E-state index in [1.165, 1.54) is 19.3 Å². The van der Waals surface area contributed by atoms with Gasteiger partial charge in [0.25, 0.3) is 0 Å². The van der Waals surface area contributed by atoms with Crippen molar-refractivity contribution in [2.45, 2.75) is 26.2 Å². The summed E-state index contributed by atoms with van der Waals surface area (Å²) < 4.78 is 5.16. The van der Waals surface area contributed by atoms with E-state index >= 15 is 0 Å². The fourth-order valence-corrected chi connectivity index (χ4v) is 2.57. The van der Waals surface area contributed by atoms with Crippen molar-refractivity contribution in [3.63, 3.8) is 0 Å². The van der Waals surface area contributed by atoms with Crippen molar-refractivity contribution in [1.29, 1.82) is 0 Å². The quantitative estimate of drug-likeness (QED) is 0.780. The molecule has 1 unspecified atom stereocenters. The van der Waals surface area contributed by atoms with Crippen molar-refractivity contribution in [2.75, 3.05) is 26.7 Å². The number of Topliss-reactive ketones (excluding diaryl/α,β-unsaturated/α-hetero) is 1. The molecule has 19 heavy (non-hydrogen) atoms. The zero-order valence-electron chi connectivity index (χ0n) is 11.9. The van der Waals surface area contributed by atoms with Crippen LogP contribution in [0.2, 0.25) is 0 Å². The Morgan fingerprint density at radius 3 is 3.00 bits per heavy atom. The largest absolute Gasteiger partial charge is 0.497 e. The first-order chi connectivity index (χ1) is 9.19. The maximum absolute atomic E-state index is 12.3. The number of ketones is 1. The SMILES string of the molecule is COc1cccc(C(=O)CN2CCCC(C)CC2)c1. The molecular formula is C16H23NO2. The predicted molar refractivity (Wildman–Crippen MR) is 76.8 cm³/mol. The van der Waals surface area contributed by atoms with Crippen LogP contribution >= 0.6 is 0 Å². The minimum absolute atomic E-state index is 0.188. The van der Waals surface area contributed by atoms with Crippen molar-refractivity contribution in [1.82, 2.24) is 4.90 Å². The van der Waals surface area contributed by atoms with Crippen molar-refractivity contribution < 1.29 is 9.53 Å². The molecule has 0 saturated carbocycles. The van der Waals surface area contributed by atoms with Crippen LogP contribution in [0.5, 0.6) is 5.75 Å². The van der Waals surface area contributed by atoms with Gasteiger partial charge in [0.2, 0.25) is 0 Å². The van der Waals surface area contributed by atoms with E-state index in [4.69, 9.17) is 4.74 Å². The van der Waals surface area contributed by atoms with Crippen molar-refractivity contribution in [2.24, 2.45) is 5.92 Å². The summed E-state index contributed by atoms with van der Waals surface area (Å²) in [4.78, 5) is 14.6. The molecule has 1 saturated heterocycles. The van der Waals surface area contributed by atoms with Gasteiger partial charge in [0.1, 0.15) is 5.75 Å². The molecule has 1 aliphatic rings. The number of carbonyl (C=O) groups excluding carboxylic acids is 1. The van der Waals surface area contributed by atoms with Crippen LogP contribution in [0.4, 0.5) is 0 Å². The molecule has 1 atom stereocenters. The van der Waals surface area contributed by atoms with Crippen molar-refractivity contribution in [3.8, 4) is 5.75 Å². The van der Waals surface area contributed by atoms with Gasteiger partial charge in [-0.15, -0.1) is 0 Å². The van der Waals surface area contributed by atoms with Gasteiger partial charge in [0.15, 0.2) is 5.78 Å². The van der Waals surface area contributed by atoms with E-state index in [2.05, 4.69) is 11.8 Å². The minimum atomic E-state index is 0.188. The van der Waals surface area contributed by atoms with E-state index in [-0.39, 0.29) is 5.78 Å². The van der Waals surface area contributed by atoms with E-state index in [0.29, 0.717) is 6.54 Å². The normalized spacial score (nSPS) is 20.8. The lowest BCUT2D eigenvalue weighted by Gasteiger charge is -2.19. The van der Waals surface area contributed by atoms with Gasteiger partial charge in [-0.3, -0.25) is 9.69 Å². The molecule has 1 aliphatic heterocycles. The zero-order valence-corrected chi connectivity index (χ0v) is 11.9. The molecule has 1 fully saturated rings. The molecule has 0 bridgehead atoms. The number of benzene rings is 1. The molecule has 0 aromatic heterocycles. The molecule has 0 amide bonds. The van der Waals surface area contributed by atoms with Crippen LogP contribution in [0.3, 0.4) is 0 Å². The number of hydrogen-bond acceptors (Lipinski definition) is 3. The first-order valence-corrected chi connectivity index (χ1v) is 7.08. The topological polar surface area (TPSA) is 29.5 Å². The average Bonchev–Trinajstić information content (AvgIpc) is 2.64. The van der Waals surface area contributed by atoms with Gasteiger partial charge in [0.05, 0.1) is 13.7 Å². The van der Waals surface area contributed by atoms with Crippen LogP contribution in [0.25, 0.3) is 0 Å². The number of ether oxygens (including phenoxy) is 1. The molecule has 1 aromatic rings. The summed E-state index contributed by atoms with van der Waals surface area (Å²) in [5.74, 6) is 1.72. The highest BCUT2D eigenvalue weighted by atomic mass is 16.5. The standard InChI is InChI=1S/C16H23NO2/c1-13-5-4-9-17(10-8-13)12-16(18)14-6-3-7-15(11-14)19-2/h3,6-7,11,13H,4-5,8-10,12H2,1-2H3. The molecule has 0 aliphatic carbocycles. The lowest BCUT2D eigenvalue weighted by atomic mass is 10.0. The Kier molecular flexibility index (Phi) is 4.97. The van der Waals surface area contributed by atoms with Crippen molar-refractivity contribution in [3.05, 3.63) is 29.8 Å². The number of rotatable bonds is 4. The van der Waals surface area contributed by atoms with E-state index < -0.39 is 0 Å². The van der Waals surface area contributed by atoms with Gasteiger partial charge in [-0.1, -0.05) is 19.1 Å². The smallest absolute Gasteiger partial charge is 0.176 e. The summed E-state index contributed by atoms with van der Waals surface area (Å²) >= 11 is 0. The fourth-order valence-electron chi connectivity index (χ4n) is 2.57. The van der Waals surface area contributed by atoms with E-state index in [0.717, 1.165) is 30.3 Å². The number of hydrogen-bond donors (Lipinski definition) is 0. The Bertz CT molecular complexity index is 431. The molecule has 3 nitrogen and oxygen atoms in total. The maximum atomic E-state index is 12.3. The van der Waals surface area contributed by atoms with Crippen LogP contribution in [0.1, 0.15) is 36.5 Å². The Labute approximate surface area is 115 Å². The Morgan fingerprint density at radius 1 is 1.37 bits per heavy atom. The van der Waals surface area contributed by atoms with Gasteiger partial charge in [-0.25, -0.2) is 0 Å². The third kappa shape index (κ3) is 4.06. The highest BCUT2D eigenvalue weighted by Crippen LogP contribution is 2.18. The van der Waals surface area contributed by atoms with Crippen LogP contribution in [0.15, 0.2) is 24.3 Å². The fraction of sp³-hybridized carbons (Fsp3) is 0.562. The van der Waals surface area contributed by atoms with Gasteiger partial charge in [-0.2, -0.15) is 0 Å². The summed E-state index contributed by atoms with van der Waals surface area (Å²) in [6.45, 7) is 4.91. The summed E-state index contributed by atoms with van der Waals surface area (Å²) in [6, 6.07) is 7.43. The second-order valence-electron chi connectivity index (χ2n) is 5.47. The first-order valence-electron chi connectivity index (χ1n) is 7.08. The lowest BCUT2D eigenvalue weighted by Crippen LogP contribution is -2.30. The molecule has 104 valence electrons. The summed E-state index contributed by atoms with van der Waals surface area (Å²) in [7, 11) is 1.62. The van der Waals surface area contributed by atoms with Crippen LogP contribution < -0.4 is 4.74 Å². The van der Waals surface area contributed by atoms with Crippen molar-refractivity contribution >= 4 is 5.78 Å². The minimum Gasteiger partial charge on any atom is -0.497 e. The zero-order chi connectivity index (χ0) is 13.7. The van der Waals surface area contributed by atoms with E-state index in [9.17, 15) is 4.79 Å². The summed E-state index contributed by atoms with van der Waals surface area (Å²) in [5, 5.41) is 0. The average molecular weight is 261 g/mol. The van der Waals surface area contributed by atoms with Gasteiger partial charge >= 0.3 is 0 Å². The molecule has 0 radical (unpaired) electrons. The van der Waals surface area contributed by atoms with Gasteiger partial charge < -0.3 is 4.74 Å². The number of carbonyl (C=O) groups is 1. The predicted octanol–water partition coefficient (Wildman–Crippen LogP) is 3.00. The highest BCUT2D eigenvalue weighted by Gasteiger charge is 2.17. The Hall–Kier alpha value is -1.35. The Morgan fingerprint density at radius 2 is 2.21 bits per heavy atom.